The monoisotopic (exact) mass is 373 g/mol. The van der Waals surface area contributed by atoms with Crippen molar-refractivity contribution in [2.24, 2.45) is 0 Å². The Morgan fingerprint density at radius 3 is 2.69 bits per heavy atom. The summed E-state index contributed by atoms with van der Waals surface area (Å²) in [6.45, 7) is 2.00. The number of fused-ring (bicyclic) bond motifs is 3. The number of anilines is 1. The number of carbonyl (C=O) groups excluding carboxylic acids is 3. The fourth-order valence-electron chi connectivity index (χ4n) is 2.95. The third kappa shape index (κ3) is 3.48. The fraction of sp³-hybridized carbons (Fsp3) is 0.316. The summed E-state index contributed by atoms with van der Waals surface area (Å²) in [5.74, 6) is -1.23. The van der Waals surface area contributed by atoms with Gasteiger partial charge in [-0.15, -0.1) is 11.3 Å². The zero-order valence-corrected chi connectivity index (χ0v) is 15.4. The normalized spacial score (nSPS) is 11.5. The Kier molecular flexibility index (Phi) is 5.37. The van der Waals surface area contributed by atoms with Crippen LogP contribution < -0.4 is 5.32 Å². The summed E-state index contributed by atoms with van der Waals surface area (Å²) < 4.78 is 9.73. The number of hydrogen-bond donors (Lipinski definition) is 1. The lowest BCUT2D eigenvalue weighted by atomic mass is 10.1. The number of ether oxygens (including phenoxy) is 2. The molecule has 0 radical (unpaired) electrons. The molecule has 7 heteroatoms. The molecule has 0 saturated heterocycles. The van der Waals surface area contributed by atoms with E-state index in [4.69, 9.17) is 4.74 Å². The minimum Gasteiger partial charge on any atom is -0.469 e. The smallest absolute Gasteiger partial charge is 0.341 e. The van der Waals surface area contributed by atoms with Crippen molar-refractivity contribution >= 4 is 34.2 Å². The number of carbonyl (C=O) groups is 3. The Labute approximate surface area is 155 Å². The largest absolute Gasteiger partial charge is 0.469 e. The molecule has 6 nitrogen and oxygen atoms in total. The minimum absolute atomic E-state index is 0.00586. The van der Waals surface area contributed by atoms with E-state index in [2.05, 4.69) is 10.1 Å². The second-order valence-corrected chi connectivity index (χ2v) is 6.81. The Morgan fingerprint density at radius 1 is 1.19 bits per heavy atom. The van der Waals surface area contributed by atoms with Gasteiger partial charge in [0, 0.05) is 17.7 Å². The third-order valence-corrected chi connectivity index (χ3v) is 5.33. The molecule has 2 aromatic rings. The van der Waals surface area contributed by atoms with Crippen molar-refractivity contribution in [2.75, 3.05) is 19.0 Å². The molecule has 0 fully saturated rings. The van der Waals surface area contributed by atoms with Crippen molar-refractivity contribution in [1.29, 1.82) is 0 Å². The van der Waals surface area contributed by atoms with Crippen molar-refractivity contribution in [3.05, 3.63) is 41.0 Å². The summed E-state index contributed by atoms with van der Waals surface area (Å²) in [6.07, 6.45) is 0.618. The molecule has 1 aromatic heterocycles. The standard InChI is InChI=1S/C19H19NO5S/c1-3-25-19(23)16-13-10-11-6-4-5-7-12(11)17(13)26-18(16)20-14(21)8-9-15(22)24-2/h4-7H,3,8-10H2,1-2H3,(H,20,21). The lowest BCUT2D eigenvalue weighted by molar-refractivity contribution is -0.141. The average Bonchev–Trinajstić information content (AvgIpc) is 3.15. The number of hydrogen-bond acceptors (Lipinski definition) is 6. The van der Waals surface area contributed by atoms with E-state index in [0.29, 0.717) is 17.0 Å². The van der Waals surface area contributed by atoms with Crippen LogP contribution in [0.3, 0.4) is 0 Å². The first kappa shape index (κ1) is 18.1. The first-order valence-corrected chi connectivity index (χ1v) is 9.14. The molecule has 1 heterocycles. The molecule has 0 atom stereocenters. The molecule has 0 saturated carbocycles. The number of methoxy groups -OCH3 is 1. The second kappa shape index (κ2) is 7.70. The molecular weight excluding hydrogens is 354 g/mol. The van der Waals surface area contributed by atoms with Crippen molar-refractivity contribution in [2.45, 2.75) is 26.2 Å². The minimum atomic E-state index is -0.451. The molecule has 1 aliphatic carbocycles. The van der Waals surface area contributed by atoms with Crippen molar-refractivity contribution < 1.29 is 23.9 Å². The quantitative estimate of drug-likeness (QED) is 0.670. The second-order valence-electron chi connectivity index (χ2n) is 5.79. The van der Waals surface area contributed by atoms with Gasteiger partial charge in [-0.05, 0) is 23.6 Å². The topological polar surface area (TPSA) is 81.7 Å². The SMILES string of the molecule is CCOC(=O)c1c(NC(=O)CCC(=O)OC)sc2c1Cc1ccccc1-2. The van der Waals surface area contributed by atoms with Crippen LogP contribution in [0.1, 0.15) is 41.3 Å². The Balaban J connectivity index is 1.89. The molecule has 3 rings (SSSR count). The molecule has 0 spiro atoms. The third-order valence-electron chi connectivity index (χ3n) is 4.15. The Hall–Kier alpha value is -2.67. The van der Waals surface area contributed by atoms with Gasteiger partial charge in [0.2, 0.25) is 5.91 Å². The summed E-state index contributed by atoms with van der Waals surface area (Å²) >= 11 is 1.36. The molecular formula is C19H19NO5S. The van der Waals surface area contributed by atoms with Gasteiger partial charge in [-0.3, -0.25) is 9.59 Å². The number of rotatable bonds is 6. The van der Waals surface area contributed by atoms with E-state index in [9.17, 15) is 14.4 Å². The molecule has 1 N–H and O–H groups in total. The predicted octanol–water partition coefficient (Wildman–Crippen LogP) is 3.39. The molecule has 1 aromatic carbocycles. The lowest BCUT2D eigenvalue weighted by Crippen LogP contribution is -2.16. The molecule has 0 aliphatic heterocycles. The molecule has 26 heavy (non-hydrogen) atoms. The Bertz CT molecular complexity index is 871. The fourth-order valence-corrected chi connectivity index (χ4v) is 4.24. The van der Waals surface area contributed by atoms with Crippen LogP contribution in [0.4, 0.5) is 5.00 Å². The highest BCUT2D eigenvalue weighted by Gasteiger charge is 2.31. The summed E-state index contributed by atoms with van der Waals surface area (Å²) in [7, 11) is 1.28. The van der Waals surface area contributed by atoms with Crippen molar-refractivity contribution in [3.63, 3.8) is 0 Å². The summed E-state index contributed by atoms with van der Waals surface area (Å²) in [5, 5.41) is 3.23. The highest BCUT2D eigenvalue weighted by Crippen LogP contribution is 2.47. The van der Waals surface area contributed by atoms with E-state index < -0.39 is 11.9 Å². The van der Waals surface area contributed by atoms with Gasteiger partial charge < -0.3 is 14.8 Å². The van der Waals surface area contributed by atoms with Gasteiger partial charge in [-0.25, -0.2) is 4.79 Å². The van der Waals surface area contributed by atoms with Gasteiger partial charge >= 0.3 is 11.9 Å². The van der Waals surface area contributed by atoms with Crippen LogP contribution in [-0.2, 0) is 25.5 Å². The van der Waals surface area contributed by atoms with Gasteiger partial charge in [0.1, 0.15) is 5.00 Å². The summed E-state index contributed by atoms with van der Waals surface area (Å²) in [6, 6.07) is 7.96. The first-order chi connectivity index (χ1) is 12.5. The van der Waals surface area contributed by atoms with Crippen LogP contribution >= 0.6 is 11.3 Å². The number of benzene rings is 1. The number of nitrogens with one attached hydrogen (secondary N) is 1. The molecule has 1 aliphatic rings. The van der Waals surface area contributed by atoms with Crippen LogP contribution in [0.2, 0.25) is 0 Å². The zero-order chi connectivity index (χ0) is 18.7. The molecule has 0 bridgehead atoms. The van der Waals surface area contributed by atoms with Gasteiger partial charge in [0.15, 0.2) is 0 Å². The average molecular weight is 373 g/mol. The van der Waals surface area contributed by atoms with Crippen LogP contribution in [0.25, 0.3) is 10.4 Å². The van der Waals surface area contributed by atoms with Gasteiger partial charge in [-0.1, -0.05) is 24.3 Å². The number of esters is 2. The predicted molar refractivity (Wildman–Crippen MR) is 98.4 cm³/mol. The van der Waals surface area contributed by atoms with E-state index in [0.717, 1.165) is 21.6 Å². The highest BCUT2D eigenvalue weighted by atomic mass is 32.1. The maximum atomic E-state index is 12.5. The maximum Gasteiger partial charge on any atom is 0.341 e. The van der Waals surface area contributed by atoms with Gasteiger partial charge in [0.05, 0.1) is 25.7 Å². The summed E-state index contributed by atoms with van der Waals surface area (Å²) in [4.78, 5) is 36.8. The van der Waals surface area contributed by atoms with E-state index in [-0.39, 0.29) is 25.4 Å². The summed E-state index contributed by atoms with van der Waals surface area (Å²) in [5.41, 5.74) is 3.53. The zero-order valence-electron chi connectivity index (χ0n) is 14.6. The maximum absolute atomic E-state index is 12.5. The molecule has 0 unspecified atom stereocenters. The Morgan fingerprint density at radius 2 is 1.96 bits per heavy atom. The highest BCUT2D eigenvalue weighted by molar-refractivity contribution is 7.20. The van der Waals surface area contributed by atoms with Gasteiger partial charge in [-0.2, -0.15) is 0 Å². The van der Waals surface area contributed by atoms with E-state index >= 15 is 0 Å². The number of amides is 1. The van der Waals surface area contributed by atoms with Crippen LogP contribution in [0.5, 0.6) is 0 Å². The van der Waals surface area contributed by atoms with Crippen LogP contribution in [0, 0.1) is 0 Å². The number of thiophene rings is 1. The molecule has 136 valence electrons. The van der Waals surface area contributed by atoms with Crippen LogP contribution in [-0.4, -0.2) is 31.6 Å². The van der Waals surface area contributed by atoms with Crippen LogP contribution in [0.15, 0.2) is 24.3 Å². The molecule has 1 amide bonds. The van der Waals surface area contributed by atoms with E-state index in [1.165, 1.54) is 18.4 Å². The van der Waals surface area contributed by atoms with E-state index in [1.54, 1.807) is 6.92 Å². The van der Waals surface area contributed by atoms with Crippen molar-refractivity contribution in [3.8, 4) is 10.4 Å². The van der Waals surface area contributed by atoms with Gasteiger partial charge in [0.25, 0.3) is 0 Å². The van der Waals surface area contributed by atoms with E-state index in [1.807, 2.05) is 24.3 Å². The first-order valence-electron chi connectivity index (χ1n) is 8.32. The lowest BCUT2D eigenvalue weighted by Gasteiger charge is -2.08. The van der Waals surface area contributed by atoms with Crippen molar-refractivity contribution in [1.82, 2.24) is 0 Å².